The molecular weight excluding hydrogens is 310 g/mol. The van der Waals surface area contributed by atoms with E-state index in [1.165, 1.54) is 9.71 Å². The lowest BCUT2D eigenvalue weighted by Gasteiger charge is -2.15. The second-order valence-corrected chi connectivity index (χ2v) is 7.17. The van der Waals surface area contributed by atoms with Crippen LogP contribution in [-0.4, -0.2) is 32.9 Å². The van der Waals surface area contributed by atoms with Gasteiger partial charge in [-0.2, -0.15) is 4.31 Å². The zero-order valence-electron chi connectivity index (χ0n) is 13.3. The molecule has 0 fully saturated rings. The van der Waals surface area contributed by atoms with E-state index in [1.54, 1.807) is 13.1 Å². The molecule has 2 aromatic carbocycles. The van der Waals surface area contributed by atoms with Gasteiger partial charge in [0, 0.05) is 19.0 Å². The summed E-state index contributed by atoms with van der Waals surface area (Å²) in [6, 6.07) is 17.0. The Labute approximate surface area is 138 Å². The molecule has 4 nitrogen and oxygen atoms in total. The van der Waals surface area contributed by atoms with Gasteiger partial charge in [-0.25, -0.2) is 8.42 Å². The van der Waals surface area contributed by atoms with Gasteiger partial charge in [-0.05, 0) is 36.3 Å². The Balaban J connectivity index is 1.89. The van der Waals surface area contributed by atoms with E-state index < -0.39 is 10.0 Å². The van der Waals surface area contributed by atoms with Crippen LogP contribution in [0.4, 0.5) is 0 Å². The highest BCUT2D eigenvalue weighted by atomic mass is 32.2. The van der Waals surface area contributed by atoms with E-state index in [4.69, 9.17) is 4.74 Å². The van der Waals surface area contributed by atoms with Gasteiger partial charge in [0.05, 0.1) is 0 Å². The summed E-state index contributed by atoms with van der Waals surface area (Å²) in [5.74, 6) is 0.746. The number of ether oxygens (including phenoxy) is 1. The van der Waals surface area contributed by atoms with Gasteiger partial charge >= 0.3 is 0 Å². The summed E-state index contributed by atoms with van der Waals surface area (Å²) in [7, 11) is -1.90. The molecule has 122 valence electrons. The van der Waals surface area contributed by atoms with Crippen molar-refractivity contribution in [3.8, 4) is 5.75 Å². The summed E-state index contributed by atoms with van der Waals surface area (Å²) in [4.78, 5) is 0. The first kappa shape index (κ1) is 17.2. The maximum atomic E-state index is 12.2. The Kier molecular flexibility index (Phi) is 5.96. The van der Waals surface area contributed by atoms with E-state index in [9.17, 15) is 8.42 Å². The lowest BCUT2D eigenvalue weighted by Crippen LogP contribution is -2.29. The van der Waals surface area contributed by atoms with Gasteiger partial charge in [0.25, 0.3) is 0 Å². The summed E-state index contributed by atoms with van der Waals surface area (Å²) >= 11 is 0. The molecule has 0 aliphatic heterocycles. The van der Waals surface area contributed by atoms with E-state index in [-0.39, 0.29) is 6.54 Å². The maximum Gasteiger partial charge on any atom is 0.236 e. The van der Waals surface area contributed by atoms with Crippen LogP contribution in [0.2, 0.25) is 0 Å². The van der Waals surface area contributed by atoms with Crippen LogP contribution < -0.4 is 4.74 Å². The average Bonchev–Trinajstić information content (AvgIpc) is 2.54. The summed E-state index contributed by atoms with van der Waals surface area (Å²) in [5.41, 5.74) is 1.95. The van der Waals surface area contributed by atoms with E-state index >= 15 is 0 Å². The zero-order valence-corrected chi connectivity index (χ0v) is 14.2. The predicted molar refractivity (Wildman–Crippen MR) is 93.7 cm³/mol. The Hall–Kier alpha value is -2.11. The van der Waals surface area contributed by atoms with Crippen LogP contribution in [0.3, 0.4) is 0 Å². The molecule has 0 spiro atoms. The molecule has 0 saturated heterocycles. The first-order valence-electron chi connectivity index (χ1n) is 7.36. The van der Waals surface area contributed by atoms with Crippen LogP contribution in [0.25, 0.3) is 6.08 Å². The first-order chi connectivity index (χ1) is 11.0. The number of rotatable bonds is 7. The van der Waals surface area contributed by atoms with Crippen molar-refractivity contribution in [3.05, 3.63) is 71.1 Å². The van der Waals surface area contributed by atoms with Crippen LogP contribution in [0, 0.1) is 6.92 Å². The largest absolute Gasteiger partial charge is 0.492 e. The smallest absolute Gasteiger partial charge is 0.236 e. The van der Waals surface area contributed by atoms with E-state index in [1.807, 2.05) is 61.5 Å². The molecule has 0 radical (unpaired) electrons. The molecule has 0 aromatic heterocycles. The Morgan fingerprint density at radius 3 is 2.52 bits per heavy atom. The Bertz CT molecular complexity index is 755. The molecule has 0 heterocycles. The minimum absolute atomic E-state index is 0.287. The predicted octanol–water partition coefficient (Wildman–Crippen LogP) is 3.31. The van der Waals surface area contributed by atoms with Crippen molar-refractivity contribution < 1.29 is 13.2 Å². The molecule has 0 atom stereocenters. The SMILES string of the molecule is Cc1cccc(OCCN(C)S(=O)(=O)/C=C\c2ccccc2)c1. The highest BCUT2D eigenvalue weighted by Crippen LogP contribution is 2.12. The monoisotopic (exact) mass is 331 g/mol. The lowest BCUT2D eigenvalue weighted by atomic mass is 10.2. The first-order valence-corrected chi connectivity index (χ1v) is 8.87. The summed E-state index contributed by atoms with van der Waals surface area (Å²) in [5, 5.41) is 1.22. The van der Waals surface area contributed by atoms with Crippen molar-refractivity contribution in [2.45, 2.75) is 6.92 Å². The number of sulfonamides is 1. The molecule has 0 saturated carbocycles. The van der Waals surface area contributed by atoms with Gasteiger partial charge in [-0.1, -0.05) is 42.5 Å². The van der Waals surface area contributed by atoms with Crippen molar-refractivity contribution in [1.29, 1.82) is 0 Å². The van der Waals surface area contributed by atoms with Gasteiger partial charge in [-0.3, -0.25) is 0 Å². The van der Waals surface area contributed by atoms with Crippen molar-refractivity contribution in [2.24, 2.45) is 0 Å². The number of hydrogen-bond donors (Lipinski definition) is 0. The molecule has 0 amide bonds. The quantitative estimate of drug-likeness (QED) is 0.782. The molecular formula is C18H21NO3S. The van der Waals surface area contributed by atoms with E-state index in [0.29, 0.717) is 6.61 Å². The third-order valence-electron chi connectivity index (χ3n) is 3.33. The van der Waals surface area contributed by atoms with Gasteiger partial charge in [0.1, 0.15) is 12.4 Å². The second kappa shape index (κ2) is 7.94. The molecule has 5 heteroatoms. The number of nitrogens with zero attached hydrogens (tertiary/aromatic N) is 1. The molecule has 0 unspecified atom stereocenters. The fourth-order valence-corrected chi connectivity index (χ4v) is 2.82. The van der Waals surface area contributed by atoms with Crippen LogP contribution in [-0.2, 0) is 10.0 Å². The molecule has 0 bridgehead atoms. The van der Waals surface area contributed by atoms with Crippen LogP contribution >= 0.6 is 0 Å². The molecule has 2 rings (SSSR count). The van der Waals surface area contributed by atoms with E-state index in [0.717, 1.165) is 16.9 Å². The summed E-state index contributed by atoms with van der Waals surface area (Å²) in [6.45, 7) is 2.57. The van der Waals surface area contributed by atoms with Gasteiger partial charge in [0.15, 0.2) is 0 Å². The Morgan fingerprint density at radius 1 is 1.09 bits per heavy atom. The number of hydrogen-bond acceptors (Lipinski definition) is 3. The van der Waals surface area contributed by atoms with Crippen LogP contribution in [0.5, 0.6) is 5.75 Å². The number of benzene rings is 2. The zero-order chi connectivity index (χ0) is 16.7. The second-order valence-electron chi connectivity index (χ2n) is 5.24. The van der Waals surface area contributed by atoms with Crippen molar-refractivity contribution in [1.82, 2.24) is 4.31 Å². The molecule has 23 heavy (non-hydrogen) atoms. The van der Waals surface area contributed by atoms with Gasteiger partial charge in [0.2, 0.25) is 10.0 Å². The van der Waals surface area contributed by atoms with E-state index in [2.05, 4.69) is 0 Å². The topological polar surface area (TPSA) is 46.6 Å². The molecule has 0 N–H and O–H groups in total. The number of likely N-dealkylation sites (N-methyl/N-ethyl adjacent to an activating group) is 1. The molecule has 0 aliphatic rings. The minimum Gasteiger partial charge on any atom is -0.492 e. The van der Waals surface area contributed by atoms with Crippen LogP contribution in [0.1, 0.15) is 11.1 Å². The highest BCUT2D eigenvalue weighted by molar-refractivity contribution is 7.92. The summed E-state index contributed by atoms with van der Waals surface area (Å²) < 4.78 is 31.2. The number of aryl methyl sites for hydroxylation is 1. The van der Waals surface area contributed by atoms with Crippen LogP contribution in [0.15, 0.2) is 60.0 Å². The maximum absolute atomic E-state index is 12.2. The standard InChI is InChI=1S/C18H21NO3S/c1-16-7-6-10-18(15-16)22-13-12-19(2)23(20,21)14-11-17-8-4-3-5-9-17/h3-11,14-15H,12-13H2,1-2H3/b14-11-. The normalized spacial score (nSPS) is 12.0. The van der Waals surface area contributed by atoms with Crippen molar-refractivity contribution >= 4 is 16.1 Å². The highest BCUT2D eigenvalue weighted by Gasteiger charge is 2.13. The Morgan fingerprint density at radius 2 is 1.83 bits per heavy atom. The van der Waals surface area contributed by atoms with Gasteiger partial charge < -0.3 is 4.74 Å². The fraction of sp³-hybridized carbons (Fsp3) is 0.222. The van der Waals surface area contributed by atoms with Crippen molar-refractivity contribution in [2.75, 3.05) is 20.2 Å². The lowest BCUT2D eigenvalue weighted by molar-refractivity contribution is 0.287. The fourth-order valence-electron chi connectivity index (χ4n) is 1.96. The third kappa shape index (κ3) is 5.54. The molecule has 2 aromatic rings. The molecule has 0 aliphatic carbocycles. The third-order valence-corrected chi connectivity index (χ3v) is 4.86. The minimum atomic E-state index is -3.45. The van der Waals surface area contributed by atoms with Gasteiger partial charge in [-0.15, -0.1) is 0 Å². The van der Waals surface area contributed by atoms with Crippen molar-refractivity contribution in [3.63, 3.8) is 0 Å². The average molecular weight is 331 g/mol. The summed E-state index contributed by atoms with van der Waals surface area (Å²) in [6.07, 6.45) is 1.59.